The first kappa shape index (κ1) is 9.21. The van der Waals surface area contributed by atoms with Crippen molar-refractivity contribution < 1.29 is 4.74 Å². The zero-order chi connectivity index (χ0) is 10.3. The molecule has 0 amide bonds. The lowest BCUT2D eigenvalue weighted by molar-refractivity contribution is 0.0205. The van der Waals surface area contributed by atoms with Crippen molar-refractivity contribution in [3.05, 3.63) is 12.4 Å². The Morgan fingerprint density at radius 1 is 1.47 bits per heavy atom. The molecule has 0 saturated carbocycles. The third-order valence-corrected chi connectivity index (χ3v) is 3.44. The van der Waals surface area contributed by atoms with E-state index in [0.29, 0.717) is 18.2 Å². The number of ether oxygens (including phenoxy) is 1. The minimum Gasteiger partial charge on any atom is -0.373 e. The van der Waals surface area contributed by atoms with Crippen LogP contribution in [-0.2, 0) is 4.74 Å². The van der Waals surface area contributed by atoms with Gasteiger partial charge in [-0.05, 0) is 26.2 Å². The van der Waals surface area contributed by atoms with Crippen LogP contribution in [0.1, 0.15) is 32.2 Å². The van der Waals surface area contributed by atoms with Crippen LogP contribution in [0.3, 0.4) is 0 Å². The maximum Gasteiger partial charge on any atom is 0.203 e. The monoisotopic (exact) mass is 207 g/mol. The molecule has 0 bridgehead atoms. The molecule has 1 fully saturated rings. The second-order valence-corrected chi connectivity index (χ2v) is 4.50. The molecule has 3 rings (SSSR count). The van der Waals surface area contributed by atoms with Crippen molar-refractivity contribution in [1.29, 1.82) is 0 Å². The molecule has 3 heterocycles. The van der Waals surface area contributed by atoms with E-state index in [1.807, 2.05) is 6.20 Å². The first-order valence-corrected chi connectivity index (χ1v) is 5.77. The van der Waals surface area contributed by atoms with Gasteiger partial charge in [0, 0.05) is 18.9 Å². The molecule has 0 radical (unpaired) electrons. The van der Waals surface area contributed by atoms with Crippen LogP contribution in [0.15, 0.2) is 12.4 Å². The van der Waals surface area contributed by atoms with Crippen LogP contribution in [-0.4, -0.2) is 28.3 Å². The molecule has 4 heteroatoms. The van der Waals surface area contributed by atoms with Crippen molar-refractivity contribution in [3.8, 4) is 0 Å². The highest BCUT2D eigenvalue weighted by molar-refractivity contribution is 5.29. The Morgan fingerprint density at radius 2 is 2.40 bits per heavy atom. The van der Waals surface area contributed by atoms with Gasteiger partial charge in [0.05, 0.1) is 18.2 Å². The minimum atomic E-state index is 0.384. The number of fused-ring (bicyclic) bond motifs is 1. The largest absolute Gasteiger partial charge is 0.373 e. The quantitative estimate of drug-likeness (QED) is 0.763. The standard InChI is InChI=1S/C11H17N3O/c1-8-2-3-10(15-8)9-4-5-12-11-13-6-7-14(9)11/h6-10H,2-5H2,1H3,(H,12,13). The van der Waals surface area contributed by atoms with Crippen molar-refractivity contribution in [2.75, 3.05) is 11.9 Å². The molecule has 4 nitrogen and oxygen atoms in total. The summed E-state index contributed by atoms with van der Waals surface area (Å²) in [6, 6.07) is 0.480. The van der Waals surface area contributed by atoms with Gasteiger partial charge in [-0.25, -0.2) is 4.98 Å². The second-order valence-electron chi connectivity index (χ2n) is 4.50. The SMILES string of the molecule is CC1CCC(C2CCNc3nccn32)O1. The highest BCUT2D eigenvalue weighted by Gasteiger charge is 2.33. The third-order valence-electron chi connectivity index (χ3n) is 3.44. The van der Waals surface area contributed by atoms with E-state index in [-0.39, 0.29) is 0 Å². The fourth-order valence-corrected chi connectivity index (χ4v) is 2.67. The summed E-state index contributed by atoms with van der Waals surface area (Å²) in [4.78, 5) is 4.29. The van der Waals surface area contributed by atoms with E-state index >= 15 is 0 Å². The lowest BCUT2D eigenvalue weighted by Gasteiger charge is -2.30. The van der Waals surface area contributed by atoms with Crippen LogP contribution < -0.4 is 5.32 Å². The Bertz CT molecular complexity index is 349. The number of rotatable bonds is 1. The fourth-order valence-electron chi connectivity index (χ4n) is 2.67. The minimum absolute atomic E-state index is 0.384. The zero-order valence-corrected chi connectivity index (χ0v) is 9.02. The molecule has 0 aliphatic carbocycles. The van der Waals surface area contributed by atoms with E-state index in [1.54, 1.807) is 0 Å². The number of imidazole rings is 1. The molecule has 1 N–H and O–H groups in total. The molecule has 1 aromatic heterocycles. The first-order valence-electron chi connectivity index (χ1n) is 5.77. The Kier molecular flexibility index (Phi) is 2.16. The fraction of sp³-hybridized carbons (Fsp3) is 0.727. The van der Waals surface area contributed by atoms with E-state index in [9.17, 15) is 0 Å². The summed E-state index contributed by atoms with van der Waals surface area (Å²) in [5.74, 6) is 0.995. The van der Waals surface area contributed by atoms with E-state index < -0.39 is 0 Å². The van der Waals surface area contributed by atoms with Gasteiger partial charge < -0.3 is 14.6 Å². The molecule has 2 aliphatic heterocycles. The zero-order valence-electron chi connectivity index (χ0n) is 9.02. The Morgan fingerprint density at radius 3 is 3.20 bits per heavy atom. The van der Waals surface area contributed by atoms with Crippen LogP contribution in [0.5, 0.6) is 0 Å². The summed E-state index contributed by atoms with van der Waals surface area (Å²) in [5, 5.41) is 3.30. The Hall–Kier alpha value is -1.03. The molecule has 3 unspecified atom stereocenters. The van der Waals surface area contributed by atoms with Crippen LogP contribution in [0.25, 0.3) is 0 Å². The van der Waals surface area contributed by atoms with E-state index in [1.165, 1.54) is 12.8 Å². The molecule has 0 spiro atoms. The van der Waals surface area contributed by atoms with Gasteiger partial charge in [0.1, 0.15) is 0 Å². The van der Waals surface area contributed by atoms with E-state index in [0.717, 1.165) is 18.9 Å². The normalized spacial score (nSPS) is 34.9. The van der Waals surface area contributed by atoms with Gasteiger partial charge in [-0.2, -0.15) is 0 Å². The summed E-state index contributed by atoms with van der Waals surface area (Å²) in [5.41, 5.74) is 0. The molecule has 2 aliphatic rings. The number of hydrogen-bond donors (Lipinski definition) is 1. The molecule has 0 aromatic carbocycles. The van der Waals surface area contributed by atoms with Crippen molar-refractivity contribution >= 4 is 5.95 Å². The number of aromatic nitrogens is 2. The first-order chi connectivity index (χ1) is 7.34. The predicted molar refractivity (Wildman–Crippen MR) is 57.9 cm³/mol. The molecule has 1 saturated heterocycles. The van der Waals surface area contributed by atoms with E-state index in [2.05, 4.69) is 28.0 Å². The van der Waals surface area contributed by atoms with E-state index in [4.69, 9.17) is 4.74 Å². The topological polar surface area (TPSA) is 39.1 Å². The average Bonchev–Trinajstić information content (AvgIpc) is 2.84. The molecular weight excluding hydrogens is 190 g/mol. The van der Waals surface area contributed by atoms with Gasteiger partial charge >= 0.3 is 0 Å². The van der Waals surface area contributed by atoms with Crippen molar-refractivity contribution in [3.63, 3.8) is 0 Å². The second kappa shape index (κ2) is 3.52. The summed E-state index contributed by atoms with van der Waals surface area (Å²) in [7, 11) is 0. The number of nitrogens with one attached hydrogen (secondary N) is 1. The lowest BCUT2D eigenvalue weighted by Crippen LogP contribution is -2.31. The van der Waals surface area contributed by atoms with Gasteiger partial charge in [-0.15, -0.1) is 0 Å². The highest BCUT2D eigenvalue weighted by Crippen LogP contribution is 2.33. The maximum absolute atomic E-state index is 5.95. The van der Waals surface area contributed by atoms with Crippen molar-refractivity contribution in [1.82, 2.24) is 9.55 Å². The van der Waals surface area contributed by atoms with Crippen molar-refractivity contribution in [2.24, 2.45) is 0 Å². The highest BCUT2D eigenvalue weighted by atomic mass is 16.5. The predicted octanol–water partition coefficient (Wildman–Crippen LogP) is 1.81. The van der Waals surface area contributed by atoms with Gasteiger partial charge in [-0.3, -0.25) is 0 Å². The summed E-state index contributed by atoms with van der Waals surface area (Å²) < 4.78 is 8.18. The summed E-state index contributed by atoms with van der Waals surface area (Å²) >= 11 is 0. The molecule has 15 heavy (non-hydrogen) atoms. The van der Waals surface area contributed by atoms with Crippen LogP contribution in [0.4, 0.5) is 5.95 Å². The van der Waals surface area contributed by atoms with Gasteiger partial charge in [0.15, 0.2) is 0 Å². The maximum atomic E-state index is 5.95. The number of nitrogens with zero attached hydrogens (tertiary/aromatic N) is 2. The lowest BCUT2D eigenvalue weighted by atomic mass is 10.0. The van der Waals surface area contributed by atoms with Gasteiger partial charge in [0.25, 0.3) is 0 Å². The van der Waals surface area contributed by atoms with Crippen LogP contribution in [0, 0.1) is 0 Å². The molecular formula is C11H17N3O. The smallest absolute Gasteiger partial charge is 0.203 e. The van der Waals surface area contributed by atoms with Gasteiger partial charge in [0.2, 0.25) is 5.95 Å². The molecule has 1 aromatic rings. The van der Waals surface area contributed by atoms with Gasteiger partial charge in [-0.1, -0.05) is 0 Å². The summed E-state index contributed by atoms with van der Waals surface area (Å²) in [6.07, 6.45) is 8.24. The third kappa shape index (κ3) is 1.53. The summed E-state index contributed by atoms with van der Waals surface area (Å²) in [6.45, 7) is 3.17. The van der Waals surface area contributed by atoms with Crippen LogP contribution in [0.2, 0.25) is 0 Å². The average molecular weight is 207 g/mol. The van der Waals surface area contributed by atoms with Crippen LogP contribution >= 0.6 is 0 Å². The molecule has 3 atom stereocenters. The number of hydrogen-bond acceptors (Lipinski definition) is 3. The number of anilines is 1. The Labute approximate surface area is 89.6 Å². The van der Waals surface area contributed by atoms with Crippen molar-refractivity contribution in [2.45, 2.75) is 44.4 Å². The Balaban J connectivity index is 1.83. The molecule has 82 valence electrons.